The molecule has 1 amide bonds. The minimum absolute atomic E-state index is 0.0538. The fourth-order valence-electron chi connectivity index (χ4n) is 4.43. The lowest BCUT2D eigenvalue weighted by Gasteiger charge is -2.27. The van der Waals surface area contributed by atoms with Crippen LogP contribution in [0.25, 0.3) is 11.3 Å². The summed E-state index contributed by atoms with van der Waals surface area (Å²) in [7, 11) is 3.59. The third-order valence-electron chi connectivity index (χ3n) is 6.42. The number of carbonyl (C=O) groups is 1. The highest BCUT2D eigenvalue weighted by Crippen LogP contribution is 2.49. The molecule has 8 heteroatoms. The zero-order valence-electron chi connectivity index (χ0n) is 17.2. The molecule has 2 fully saturated rings. The van der Waals surface area contributed by atoms with Crippen LogP contribution in [-0.4, -0.2) is 51.5 Å². The van der Waals surface area contributed by atoms with Crippen LogP contribution >= 0.6 is 0 Å². The average molecular weight is 399 g/mol. The molecule has 0 N–H and O–H groups in total. The van der Waals surface area contributed by atoms with Crippen molar-refractivity contribution in [1.82, 2.24) is 19.4 Å². The minimum atomic E-state index is -0.510. The number of amides is 1. The van der Waals surface area contributed by atoms with Gasteiger partial charge in [-0.2, -0.15) is 0 Å². The number of halogens is 1. The second-order valence-electron chi connectivity index (χ2n) is 8.18. The van der Waals surface area contributed by atoms with Crippen molar-refractivity contribution in [3.8, 4) is 11.3 Å². The maximum atomic E-state index is 14.1. The molecule has 0 spiro atoms. The van der Waals surface area contributed by atoms with Gasteiger partial charge in [-0.05, 0) is 12.5 Å². The molecule has 1 saturated heterocycles. The number of aromatic nitrogens is 3. The monoisotopic (exact) mass is 399 g/mol. The van der Waals surface area contributed by atoms with Crippen LogP contribution in [0.15, 0.2) is 29.3 Å². The number of carbonyl (C=O) groups excluding carboxylic acids is 1. The molecule has 1 aliphatic heterocycles. The van der Waals surface area contributed by atoms with Crippen molar-refractivity contribution >= 4 is 11.9 Å². The molecule has 7 nitrogen and oxygen atoms in total. The Morgan fingerprint density at radius 2 is 2.07 bits per heavy atom. The van der Waals surface area contributed by atoms with E-state index in [9.17, 15) is 14.0 Å². The summed E-state index contributed by atoms with van der Waals surface area (Å²) in [6.45, 7) is 5.49. The van der Waals surface area contributed by atoms with Crippen molar-refractivity contribution in [3.63, 3.8) is 0 Å². The van der Waals surface area contributed by atoms with Crippen LogP contribution in [0.5, 0.6) is 0 Å². The van der Waals surface area contributed by atoms with E-state index in [2.05, 4.69) is 9.97 Å². The Morgan fingerprint density at radius 1 is 1.38 bits per heavy atom. The first-order valence-corrected chi connectivity index (χ1v) is 10.0. The van der Waals surface area contributed by atoms with Crippen molar-refractivity contribution in [1.29, 1.82) is 0 Å². The standard InChI is InChI=1S/C21H26FN5O2/c1-5-12(2)20(29)27-10-14-15(11-27)19(14)26(4)21-24-17(8-18(28)25(21)3)13-6-7-23-9-16(13)22/h6-9,12,14-15,19H,5,10-11H2,1-4H3/t12?,14-,15+,19?. The van der Waals surface area contributed by atoms with Gasteiger partial charge in [0.2, 0.25) is 11.9 Å². The summed E-state index contributed by atoms with van der Waals surface area (Å²) in [6, 6.07) is 3.09. The van der Waals surface area contributed by atoms with E-state index < -0.39 is 5.82 Å². The lowest BCUT2D eigenvalue weighted by Crippen LogP contribution is -2.40. The van der Waals surface area contributed by atoms with E-state index in [0.29, 0.717) is 23.5 Å². The summed E-state index contributed by atoms with van der Waals surface area (Å²) in [6.07, 6.45) is 3.44. The van der Waals surface area contributed by atoms with Crippen LogP contribution in [0.4, 0.5) is 10.3 Å². The van der Waals surface area contributed by atoms with Gasteiger partial charge in [-0.15, -0.1) is 0 Å². The summed E-state index contributed by atoms with van der Waals surface area (Å²) in [5.74, 6) is 1.03. The van der Waals surface area contributed by atoms with Gasteiger partial charge in [-0.25, -0.2) is 9.37 Å². The first kappa shape index (κ1) is 19.5. The van der Waals surface area contributed by atoms with Crippen LogP contribution in [0.3, 0.4) is 0 Å². The topological polar surface area (TPSA) is 71.3 Å². The molecular weight excluding hydrogens is 373 g/mol. The third kappa shape index (κ3) is 3.30. The smallest absolute Gasteiger partial charge is 0.255 e. The second kappa shape index (κ2) is 7.24. The number of anilines is 1. The van der Waals surface area contributed by atoms with Crippen LogP contribution in [0.1, 0.15) is 20.3 Å². The van der Waals surface area contributed by atoms with Gasteiger partial charge < -0.3 is 9.80 Å². The Hall–Kier alpha value is -2.77. The molecule has 4 atom stereocenters. The van der Waals surface area contributed by atoms with Gasteiger partial charge in [0.25, 0.3) is 5.56 Å². The van der Waals surface area contributed by atoms with E-state index in [1.54, 1.807) is 7.05 Å². The number of rotatable bonds is 5. The lowest BCUT2D eigenvalue weighted by atomic mass is 10.1. The van der Waals surface area contributed by atoms with E-state index in [-0.39, 0.29) is 29.0 Å². The number of hydrogen-bond acceptors (Lipinski definition) is 5. The quantitative estimate of drug-likeness (QED) is 0.768. The number of fused-ring (bicyclic) bond motifs is 1. The highest BCUT2D eigenvalue weighted by Gasteiger charge is 2.59. The Labute approximate surface area is 169 Å². The molecule has 29 heavy (non-hydrogen) atoms. The van der Waals surface area contributed by atoms with Gasteiger partial charge >= 0.3 is 0 Å². The Morgan fingerprint density at radius 3 is 2.69 bits per heavy atom. The molecule has 0 bridgehead atoms. The fourth-order valence-corrected chi connectivity index (χ4v) is 4.43. The molecule has 2 aliphatic rings. The lowest BCUT2D eigenvalue weighted by molar-refractivity contribution is -0.134. The number of hydrogen-bond donors (Lipinski definition) is 0. The molecular formula is C21H26FN5O2. The van der Waals surface area contributed by atoms with Gasteiger partial charge in [-0.3, -0.25) is 19.1 Å². The zero-order valence-corrected chi connectivity index (χ0v) is 17.2. The summed E-state index contributed by atoms with van der Waals surface area (Å²) in [5, 5.41) is 0. The number of pyridine rings is 1. The molecule has 1 aliphatic carbocycles. The largest absolute Gasteiger partial charge is 0.342 e. The maximum absolute atomic E-state index is 14.1. The SMILES string of the molecule is CCC(C)C(=O)N1C[C@@H]2C(N(C)c3nc(-c4ccncc4F)cc(=O)n3C)[C@@H]2C1. The van der Waals surface area contributed by atoms with E-state index >= 15 is 0 Å². The molecule has 2 unspecified atom stereocenters. The molecule has 0 aromatic carbocycles. The van der Waals surface area contributed by atoms with E-state index in [0.717, 1.165) is 25.7 Å². The van der Waals surface area contributed by atoms with Gasteiger partial charge in [-0.1, -0.05) is 13.8 Å². The van der Waals surface area contributed by atoms with Gasteiger partial charge in [0.1, 0.15) is 0 Å². The van der Waals surface area contributed by atoms with Gasteiger partial charge in [0.15, 0.2) is 5.82 Å². The Kier molecular flexibility index (Phi) is 4.88. The van der Waals surface area contributed by atoms with Crippen LogP contribution in [0, 0.1) is 23.6 Å². The molecule has 3 heterocycles. The second-order valence-corrected chi connectivity index (χ2v) is 8.18. The fraction of sp³-hybridized carbons (Fsp3) is 0.524. The molecule has 1 saturated carbocycles. The number of nitrogens with zero attached hydrogens (tertiary/aromatic N) is 5. The molecule has 2 aromatic heterocycles. The van der Waals surface area contributed by atoms with Crippen LogP contribution < -0.4 is 10.5 Å². The summed E-state index contributed by atoms with van der Waals surface area (Å²) in [4.78, 5) is 37.2. The van der Waals surface area contributed by atoms with Gasteiger partial charge in [0.05, 0.1) is 11.9 Å². The highest BCUT2D eigenvalue weighted by molar-refractivity contribution is 5.79. The van der Waals surface area contributed by atoms with Crippen LogP contribution in [-0.2, 0) is 11.8 Å². The predicted molar refractivity (Wildman–Crippen MR) is 108 cm³/mol. The highest BCUT2D eigenvalue weighted by atomic mass is 19.1. The number of piperidine rings is 1. The first-order chi connectivity index (χ1) is 13.8. The van der Waals surface area contributed by atoms with Crippen LogP contribution in [0.2, 0.25) is 0 Å². The maximum Gasteiger partial charge on any atom is 0.255 e. The number of likely N-dealkylation sites (tertiary alicyclic amines) is 1. The molecule has 154 valence electrons. The van der Waals surface area contributed by atoms with Crippen molar-refractivity contribution in [2.75, 3.05) is 25.0 Å². The summed E-state index contributed by atoms with van der Waals surface area (Å²) < 4.78 is 15.6. The third-order valence-corrected chi connectivity index (χ3v) is 6.42. The summed E-state index contributed by atoms with van der Waals surface area (Å²) >= 11 is 0. The molecule has 2 aromatic rings. The molecule has 4 rings (SSSR count). The van der Waals surface area contributed by atoms with Gasteiger partial charge in [0, 0.05) is 68.8 Å². The Bertz CT molecular complexity index is 995. The van der Waals surface area contributed by atoms with E-state index in [1.165, 1.54) is 22.9 Å². The predicted octanol–water partition coefficient (Wildman–Crippen LogP) is 1.92. The zero-order chi connectivity index (χ0) is 20.9. The molecule has 0 radical (unpaired) electrons. The van der Waals surface area contributed by atoms with Crippen molar-refractivity contribution in [2.24, 2.45) is 24.8 Å². The normalized spacial score (nSPS) is 23.6. The Balaban J connectivity index is 1.56. The van der Waals surface area contributed by atoms with E-state index in [4.69, 9.17) is 0 Å². The average Bonchev–Trinajstić information content (AvgIpc) is 3.21. The summed E-state index contributed by atoms with van der Waals surface area (Å²) in [5.41, 5.74) is 0.315. The van der Waals surface area contributed by atoms with Crippen molar-refractivity contribution < 1.29 is 9.18 Å². The minimum Gasteiger partial charge on any atom is -0.342 e. The van der Waals surface area contributed by atoms with Crippen molar-refractivity contribution in [3.05, 3.63) is 40.7 Å². The van der Waals surface area contributed by atoms with Crippen molar-refractivity contribution in [2.45, 2.75) is 26.3 Å². The first-order valence-electron chi connectivity index (χ1n) is 10.0. The van der Waals surface area contributed by atoms with E-state index in [1.807, 2.05) is 30.7 Å².